The Bertz CT molecular complexity index is 735. The zero-order valence-electron chi connectivity index (χ0n) is 13.0. The molecule has 22 heavy (non-hydrogen) atoms. The van der Waals surface area contributed by atoms with Crippen molar-refractivity contribution in [2.75, 3.05) is 7.11 Å². The highest BCUT2D eigenvalue weighted by atomic mass is 28.3. The van der Waals surface area contributed by atoms with Gasteiger partial charge in [-0.25, -0.2) is 0 Å². The van der Waals surface area contributed by atoms with Gasteiger partial charge in [-0.3, -0.25) is 0 Å². The zero-order valence-corrected chi connectivity index (χ0v) is 14.1. The van der Waals surface area contributed by atoms with Crippen molar-refractivity contribution in [2.24, 2.45) is 0 Å². The van der Waals surface area contributed by atoms with Crippen LogP contribution in [0.3, 0.4) is 0 Å². The van der Waals surface area contributed by atoms with Gasteiger partial charge in [-0.05, 0) is 18.2 Å². The van der Waals surface area contributed by atoms with Crippen LogP contribution in [0.25, 0.3) is 0 Å². The fourth-order valence-electron chi connectivity index (χ4n) is 2.86. The molecule has 0 saturated heterocycles. The molecule has 0 aliphatic heterocycles. The maximum atomic E-state index is 5.63. The molecule has 0 amide bonds. The molecule has 0 N–H and O–H groups in total. The van der Waals surface area contributed by atoms with Crippen molar-refractivity contribution in [3.05, 3.63) is 84.4 Å². The molecule has 3 aromatic carbocycles. The van der Waals surface area contributed by atoms with Crippen molar-refractivity contribution in [1.29, 1.82) is 0 Å². The first kappa shape index (κ1) is 14.6. The highest BCUT2D eigenvalue weighted by Gasteiger charge is 2.21. The van der Waals surface area contributed by atoms with Crippen molar-refractivity contribution in [3.8, 4) is 5.75 Å². The van der Waals surface area contributed by atoms with E-state index >= 15 is 0 Å². The summed E-state index contributed by atoms with van der Waals surface area (Å²) in [5.41, 5.74) is 1.30. The molecule has 0 bridgehead atoms. The molecular weight excluding hydrogens is 284 g/mol. The van der Waals surface area contributed by atoms with Gasteiger partial charge >= 0.3 is 0 Å². The fourth-order valence-corrected chi connectivity index (χ4v) is 5.95. The second-order valence-electron chi connectivity index (χ2n) is 5.50. The molecule has 0 aliphatic carbocycles. The van der Waals surface area contributed by atoms with Gasteiger partial charge in [0.25, 0.3) is 0 Å². The molecule has 0 spiro atoms. The molecule has 110 valence electrons. The topological polar surface area (TPSA) is 9.23 Å². The van der Waals surface area contributed by atoms with Crippen LogP contribution in [0, 0.1) is 6.92 Å². The lowest BCUT2D eigenvalue weighted by atomic mass is 10.2. The van der Waals surface area contributed by atoms with Gasteiger partial charge in [0, 0.05) is 0 Å². The lowest BCUT2D eigenvalue weighted by Gasteiger charge is -2.20. The molecule has 3 aromatic rings. The molecule has 1 atom stereocenters. The summed E-state index contributed by atoms with van der Waals surface area (Å²) < 4.78 is 5.63. The minimum atomic E-state index is -1.51. The molecule has 2 heteroatoms. The van der Waals surface area contributed by atoms with Crippen LogP contribution in [-0.2, 0) is 0 Å². The Morgan fingerprint density at radius 1 is 0.682 bits per heavy atom. The first-order chi connectivity index (χ1) is 10.8. The highest BCUT2D eigenvalue weighted by Crippen LogP contribution is 2.08. The van der Waals surface area contributed by atoms with Gasteiger partial charge in [-0.1, -0.05) is 88.7 Å². The summed E-state index contributed by atoms with van der Waals surface area (Å²) >= 11 is 0. The second kappa shape index (κ2) is 6.63. The minimum absolute atomic E-state index is 0.989. The summed E-state index contributed by atoms with van der Waals surface area (Å²) in [5, 5.41) is 4.16. The number of benzene rings is 3. The van der Waals surface area contributed by atoms with Crippen molar-refractivity contribution in [2.45, 2.75) is 6.92 Å². The smallest absolute Gasteiger partial charge is 0.137 e. The normalized spacial score (nSPS) is 11.9. The Morgan fingerprint density at radius 3 is 1.95 bits per heavy atom. The van der Waals surface area contributed by atoms with E-state index in [1.54, 1.807) is 7.11 Å². The van der Waals surface area contributed by atoms with Gasteiger partial charge in [0.2, 0.25) is 0 Å². The van der Waals surface area contributed by atoms with E-state index in [0.717, 1.165) is 5.75 Å². The minimum Gasteiger partial charge on any atom is -0.497 e. The van der Waals surface area contributed by atoms with E-state index < -0.39 is 8.80 Å². The number of hydrogen-bond donors (Lipinski definition) is 0. The second-order valence-corrected chi connectivity index (χ2v) is 8.32. The maximum Gasteiger partial charge on any atom is 0.137 e. The standard InChI is InChI=1S/C20H20OSi/c1-16-12-14-18(15-13-16)22(17-8-4-3-5-9-17)20-11-7-6-10-19(20)21-2/h3-15,22H,1-2H3. The van der Waals surface area contributed by atoms with E-state index in [0.29, 0.717) is 0 Å². The van der Waals surface area contributed by atoms with Crippen molar-refractivity contribution in [3.63, 3.8) is 0 Å². The van der Waals surface area contributed by atoms with Gasteiger partial charge in [0.15, 0.2) is 0 Å². The van der Waals surface area contributed by atoms with Crippen LogP contribution in [0.5, 0.6) is 5.75 Å². The summed E-state index contributed by atoms with van der Waals surface area (Å²) in [7, 11) is 0.243. The fraction of sp³-hybridized carbons (Fsp3) is 0.100. The van der Waals surface area contributed by atoms with E-state index in [2.05, 4.69) is 79.7 Å². The quantitative estimate of drug-likeness (QED) is 0.531. The summed E-state index contributed by atoms with van der Waals surface area (Å²) in [5.74, 6) is 0.989. The molecule has 0 radical (unpaired) electrons. The maximum absolute atomic E-state index is 5.63. The molecule has 0 heterocycles. The van der Waals surface area contributed by atoms with Crippen LogP contribution in [-0.4, -0.2) is 15.9 Å². The van der Waals surface area contributed by atoms with Crippen molar-refractivity contribution >= 4 is 24.4 Å². The Labute approximate surface area is 133 Å². The van der Waals surface area contributed by atoms with Gasteiger partial charge in [0.05, 0.1) is 7.11 Å². The Balaban J connectivity index is 2.17. The van der Waals surface area contributed by atoms with E-state index in [-0.39, 0.29) is 0 Å². The number of rotatable bonds is 4. The van der Waals surface area contributed by atoms with Crippen molar-refractivity contribution < 1.29 is 4.74 Å². The first-order valence-electron chi connectivity index (χ1n) is 7.54. The molecular formula is C20H20OSi. The predicted molar refractivity (Wildman–Crippen MR) is 96.7 cm³/mol. The third-order valence-electron chi connectivity index (χ3n) is 3.99. The Hall–Kier alpha value is -2.32. The zero-order chi connectivity index (χ0) is 15.4. The van der Waals surface area contributed by atoms with E-state index in [1.165, 1.54) is 21.1 Å². The Kier molecular flexibility index (Phi) is 4.40. The lowest BCUT2D eigenvalue weighted by Crippen LogP contribution is -2.52. The third kappa shape index (κ3) is 2.97. The number of hydrogen-bond acceptors (Lipinski definition) is 1. The number of aryl methyl sites for hydroxylation is 1. The largest absolute Gasteiger partial charge is 0.497 e. The van der Waals surface area contributed by atoms with E-state index in [9.17, 15) is 0 Å². The third-order valence-corrected chi connectivity index (χ3v) is 7.20. The number of ether oxygens (including phenoxy) is 1. The summed E-state index contributed by atoms with van der Waals surface area (Å²) in [6.45, 7) is 2.13. The van der Waals surface area contributed by atoms with Gasteiger partial charge in [0.1, 0.15) is 14.5 Å². The van der Waals surface area contributed by atoms with Gasteiger partial charge < -0.3 is 4.74 Å². The summed E-state index contributed by atoms with van der Waals surface area (Å²) in [4.78, 5) is 0. The number of para-hydroxylation sites is 1. The van der Waals surface area contributed by atoms with Crippen LogP contribution < -0.4 is 20.3 Å². The average Bonchev–Trinajstić information content (AvgIpc) is 2.58. The van der Waals surface area contributed by atoms with Crippen LogP contribution in [0.15, 0.2) is 78.9 Å². The van der Waals surface area contributed by atoms with Gasteiger partial charge in [-0.15, -0.1) is 0 Å². The molecule has 1 unspecified atom stereocenters. The molecule has 0 aliphatic rings. The first-order valence-corrected chi connectivity index (χ1v) is 9.27. The van der Waals surface area contributed by atoms with Crippen molar-refractivity contribution in [1.82, 2.24) is 0 Å². The summed E-state index contributed by atoms with van der Waals surface area (Å²) in [6, 6.07) is 28.2. The van der Waals surface area contributed by atoms with E-state index in [1.807, 2.05) is 6.07 Å². The van der Waals surface area contributed by atoms with E-state index in [4.69, 9.17) is 4.74 Å². The van der Waals surface area contributed by atoms with Crippen LogP contribution in [0.4, 0.5) is 0 Å². The van der Waals surface area contributed by atoms with Gasteiger partial charge in [-0.2, -0.15) is 0 Å². The summed E-state index contributed by atoms with van der Waals surface area (Å²) in [6.07, 6.45) is 0. The predicted octanol–water partition coefficient (Wildman–Crippen LogP) is 2.25. The molecule has 0 aromatic heterocycles. The molecule has 3 rings (SSSR count). The monoisotopic (exact) mass is 304 g/mol. The molecule has 1 nitrogen and oxygen atoms in total. The Morgan fingerprint density at radius 2 is 1.27 bits per heavy atom. The van der Waals surface area contributed by atoms with Crippen LogP contribution in [0.1, 0.15) is 5.56 Å². The lowest BCUT2D eigenvalue weighted by molar-refractivity contribution is 0.418. The average molecular weight is 304 g/mol. The number of methoxy groups -OCH3 is 1. The van der Waals surface area contributed by atoms with Crippen LogP contribution >= 0.6 is 0 Å². The van der Waals surface area contributed by atoms with Crippen LogP contribution in [0.2, 0.25) is 0 Å². The highest BCUT2D eigenvalue weighted by molar-refractivity contribution is 6.96. The SMILES string of the molecule is COc1ccccc1[SiH](c1ccccc1)c1ccc(C)cc1. The molecule has 0 fully saturated rings. The molecule has 0 saturated carbocycles.